The van der Waals surface area contributed by atoms with E-state index in [0.717, 1.165) is 17.7 Å². The molecule has 0 radical (unpaired) electrons. The number of benzene rings is 3. The molecule has 0 aromatic heterocycles. The number of amides is 2. The van der Waals surface area contributed by atoms with Crippen LogP contribution in [0.4, 0.5) is 0 Å². The Balaban J connectivity index is 1.32. The van der Waals surface area contributed by atoms with Gasteiger partial charge < -0.3 is 19.8 Å². The number of rotatable bonds is 7. The number of aryl methyl sites for hydroxylation is 1. The SMILES string of the molecule is Cc1ccc(OCc2ccccc2)c(O)c1[C@]12C=CN(CC3CC3)[C@H](C)C1(O)CCC(N1C(=O)c3ccccc3C1=O)C2. The van der Waals surface area contributed by atoms with Crippen molar-refractivity contribution in [2.24, 2.45) is 5.92 Å². The van der Waals surface area contributed by atoms with Crippen LogP contribution < -0.4 is 4.74 Å². The predicted octanol–water partition coefficient (Wildman–Crippen LogP) is 5.73. The van der Waals surface area contributed by atoms with Crippen molar-refractivity contribution in [2.75, 3.05) is 6.54 Å². The number of phenolic OH excluding ortho intramolecular Hbond substituents is 1. The van der Waals surface area contributed by atoms with Crippen LogP contribution in [0.3, 0.4) is 0 Å². The van der Waals surface area contributed by atoms with Crippen molar-refractivity contribution in [3.63, 3.8) is 0 Å². The zero-order valence-corrected chi connectivity index (χ0v) is 24.7. The molecule has 0 bridgehead atoms. The van der Waals surface area contributed by atoms with E-state index in [9.17, 15) is 19.8 Å². The van der Waals surface area contributed by atoms with E-state index in [0.29, 0.717) is 47.6 Å². The molecule has 7 nitrogen and oxygen atoms in total. The first-order chi connectivity index (χ1) is 20.7. The van der Waals surface area contributed by atoms with Crippen molar-refractivity contribution >= 4 is 11.8 Å². The zero-order chi connectivity index (χ0) is 29.9. The second-order valence-corrected chi connectivity index (χ2v) is 12.8. The van der Waals surface area contributed by atoms with Gasteiger partial charge in [0.1, 0.15) is 6.61 Å². The quantitative estimate of drug-likeness (QED) is 0.349. The maximum atomic E-state index is 13.6. The Hall–Kier alpha value is -4.10. The summed E-state index contributed by atoms with van der Waals surface area (Å²) < 4.78 is 6.15. The summed E-state index contributed by atoms with van der Waals surface area (Å²) in [6.45, 7) is 5.16. The van der Waals surface area contributed by atoms with Gasteiger partial charge in [-0.15, -0.1) is 0 Å². The number of hydrogen-bond donors (Lipinski definition) is 2. The lowest BCUT2D eigenvalue weighted by Gasteiger charge is -2.59. The maximum Gasteiger partial charge on any atom is 0.261 e. The molecule has 7 heteroatoms. The lowest BCUT2D eigenvalue weighted by Crippen LogP contribution is -2.68. The third kappa shape index (κ3) is 4.36. The van der Waals surface area contributed by atoms with E-state index in [1.165, 1.54) is 17.7 Å². The van der Waals surface area contributed by atoms with Crippen molar-refractivity contribution in [1.82, 2.24) is 9.80 Å². The number of aliphatic hydroxyl groups is 1. The molecule has 2 heterocycles. The molecule has 2 saturated carbocycles. The Morgan fingerprint density at radius 2 is 1.60 bits per heavy atom. The molecule has 0 spiro atoms. The van der Waals surface area contributed by atoms with Gasteiger partial charge in [-0.1, -0.05) is 54.6 Å². The molecule has 2 N–H and O–H groups in total. The lowest BCUT2D eigenvalue weighted by molar-refractivity contribution is -0.119. The van der Waals surface area contributed by atoms with Gasteiger partial charge in [-0.2, -0.15) is 0 Å². The van der Waals surface area contributed by atoms with Crippen molar-refractivity contribution in [3.8, 4) is 11.5 Å². The third-order valence-electron chi connectivity index (χ3n) is 10.3. The van der Waals surface area contributed by atoms with E-state index in [-0.39, 0.29) is 30.2 Å². The molecular formula is C36H38N2O5. The summed E-state index contributed by atoms with van der Waals surface area (Å²) in [5.74, 6) is 0.364. The van der Waals surface area contributed by atoms with Gasteiger partial charge >= 0.3 is 0 Å². The van der Waals surface area contributed by atoms with Crippen molar-refractivity contribution in [2.45, 2.75) is 75.7 Å². The third-order valence-corrected chi connectivity index (χ3v) is 10.3. The molecule has 3 aromatic rings. The number of imide groups is 1. The minimum Gasteiger partial charge on any atom is -0.504 e. The normalized spacial score (nSPS) is 28.2. The van der Waals surface area contributed by atoms with Crippen molar-refractivity contribution < 1.29 is 24.5 Å². The molecular weight excluding hydrogens is 540 g/mol. The Morgan fingerprint density at radius 1 is 0.930 bits per heavy atom. The van der Waals surface area contributed by atoms with Crippen LogP contribution in [0.5, 0.6) is 11.5 Å². The second-order valence-electron chi connectivity index (χ2n) is 12.8. The minimum atomic E-state index is -1.26. The van der Waals surface area contributed by atoms with Crippen LogP contribution in [0, 0.1) is 12.8 Å². The number of nitrogens with zero attached hydrogens (tertiary/aromatic N) is 2. The molecule has 4 atom stereocenters. The molecule has 43 heavy (non-hydrogen) atoms. The fourth-order valence-electron chi connectivity index (χ4n) is 7.75. The fraction of sp³-hybridized carbons (Fsp3) is 0.389. The van der Waals surface area contributed by atoms with Gasteiger partial charge in [0.2, 0.25) is 0 Å². The Labute approximate surface area is 252 Å². The van der Waals surface area contributed by atoms with E-state index in [2.05, 4.69) is 18.0 Å². The van der Waals surface area contributed by atoms with E-state index in [1.807, 2.05) is 49.4 Å². The first-order valence-corrected chi connectivity index (χ1v) is 15.4. The van der Waals surface area contributed by atoms with E-state index in [4.69, 9.17) is 4.74 Å². The van der Waals surface area contributed by atoms with Crippen LogP contribution in [0.25, 0.3) is 0 Å². The van der Waals surface area contributed by atoms with Crippen LogP contribution in [0.1, 0.15) is 76.4 Å². The number of phenols is 1. The standard InChI is InChI=1S/C36H38N2O5/c1-23-12-15-30(43-22-26-8-4-3-5-9-26)32(39)31(23)35-18-19-37(21-25-13-14-25)24(2)36(35,42)17-16-27(20-35)38-33(40)28-10-6-7-11-29(28)34(38)41/h3-12,15,18-19,24-25,27,39,42H,13-14,16-17,20-22H2,1-2H3/t24-,27?,35-,36?/m1/s1. The van der Waals surface area contributed by atoms with E-state index >= 15 is 0 Å². The van der Waals surface area contributed by atoms with Gasteiger partial charge in [-0.25, -0.2) is 0 Å². The van der Waals surface area contributed by atoms with Gasteiger partial charge in [0.15, 0.2) is 11.5 Å². The summed E-state index contributed by atoms with van der Waals surface area (Å²) in [5.41, 5.74) is 0.900. The van der Waals surface area contributed by atoms with Gasteiger partial charge in [0.05, 0.1) is 28.2 Å². The Bertz CT molecular complexity index is 1580. The number of aromatic hydroxyl groups is 1. The van der Waals surface area contributed by atoms with Gasteiger partial charge in [0.25, 0.3) is 11.8 Å². The second kappa shape index (κ2) is 10.3. The lowest BCUT2D eigenvalue weighted by atomic mass is 9.54. The number of ether oxygens (including phenoxy) is 1. The van der Waals surface area contributed by atoms with Crippen LogP contribution in [0.15, 0.2) is 79.0 Å². The summed E-state index contributed by atoms with van der Waals surface area (Å²) in [5, 5.41) is 24.8. The summed E-state index contributed by atoms with van der Waals surface area (Å²) in [7, 11) is 0. The highest BCUT2D eigenvalue weighted by molar-refractivity contribution is 6.21. The molecule has 3 aromatic carbocycles. The van der Waals surface area contributed by atoms with E-state index < -0.39 is 17.1 Å². The Kier molecular flexibility index (Phi) is 6.62. The number of carbonyl (C=O) groups is 2. The average Bonchev–Trinajstić information content (AvgIpc) is 3.80. The highest BCUT2D eigenvalue weighted by Crippen LogP contribution is 2.58. The van der Waals surface area contributed by atoms with Crippen LogP contribution in [-0.4, -0.2) is 56.1 Å². The fourth-order valence-corrected chi connectivity index (χ4v) is 7.75. The molecule has 2 aliphatic carbocycles. The monoisotopic (exact) mass is 578 g/mol. The largest absolute Gasteiger partial charge is 0.504 e. The van der Waals surface area contributed by atoms with Gasteiger partial charge in [0, 0.05) is 18.2 Å². The van der Waals surface area contributed by atoms with E-state index in [1.54, 1.807) is 30.3 Å². The molecule has 222 valence electrons. The highest BCUT2D eigenvalue weighted by Gasteiger charge is 2.62. The van der Waals surface area contributed by atoms with Gasteiger partial charge in [-0.05, 0) is 87.4 Å². The zero-order valence-electron chi connectivity index (χ0n) is 24.7. The smallest absolute Gasteiger partial charge is 0.261 e. The summed E-state index contributed by atoms with van der Waals surface area (Å²) in [4.78, 5) is 30.8. The number of carbonyl (C=O) groups excluding carboxylic acids is 2. The molecule has 2 fully saturated rings. The minimum absolute atomic E-state index is 0.00939. The molecule has 7 rings (SSSR count). The average molecular weight is 579 g/mol. The van der Waals surface area contributed by atoms with Crippen molar-refractivity contribution in [1.29, 1.82) is 0 Å². The molecule has 2 unspecified atom stereocenters. The molecule has 2 aliphatic heterocycles. The maximum absolute atomic E-state index is 13.6. The summed E-state index contributed by atoms with van der Waals surface area (Å²) >= 11 is 0. The molecule has 2 amide bonds. The molecule has 0 saturated heterocycles. The van der Waals surface area contributed by atoms with Crippen LogP contribution in [0.2, 0.25) is 0 Å². The number of hydrogen-bond acceptors (Lipinski definition) is 6. The predicted molar refractivity (Wildman–Crippen MR) is 163 cm³/mol. The van der Waals surface area contributed by atoms with Crippen LogP contribution >= 0.6 is 0 Å². The summed E-state index contributed by atoms with van der Waals surface area (Å²) in [6.07, 6.45) is 7.63. The number of fused-ring (bicyclic) bond motifs is 2. The molecule has 4 aliphatic rings. The van der Waals surface area contributed by atoms with Crippen molar-refractivity contribution in [3.05, 3.63) is 107 Å². The van der Waals surface area contributed by atoms with Gasteiger partial charge in [-0.3, -0.25) is 14.5 Å². The van der Waals surface area contributed by atoms with Crippen LogP contribution in [-0.2, 0) is 12.0 Å². The topological polar surface area (TPSA) is 90.3 Å². The highest BCUT2D eigenvalue weighted by atomic mass is 16.5. The first kappa shape index (κ1) is 27.7. The first-order valence-electron chi connectivity index (χ1n) is 15.4. The summed E-state index contributed by atoms with van der Waals surface area (Å²) in [6, 6.07) is 19.7. The Morgan fingerprint density at radius 3 is 2.28 bits per heavy atom.